The minimum absolute atomic E-state index is 0.0948. The summed E-state index contributed by atoms with van der Waals surface area (Å²) >= 11 is 12.0. The molecule has 2 rings (SSSR count). The molecule has 1 heterocycles. The van der Waals surface area contributed by atoms with Crippen molar-refractivity contribution in [3.8, 4) is 11.1 Å². The highest BCUT2D eigenvalue weighted by Gasteiger charge is 2.12. The molecule has 0 aliphatic carbocycles. The number of aromatic nitrogens is 2. The summed E-state index contributed by atoms with van der Waals surface area (Å²) in [4.78, 5) is 7.71. The van der Waals surface area contributed by atoms with Gasteiger partial charge in [-0.05, 0) is 12.1 Å². The van der Waals surface area contributed by atoms with Gasteiger partial charge in [0.25, 0.3) is 0 Å². The van der Waals surface area contributed by atoms with E-state index in [1.165, 1.54) is 6.20 Å². The monoisotopic (exact) mass is 269 g/mol. The SMILES string of the molecule is Nc1cc(Cl)c(Cl)c(-c2cnc(N)nc2N)c1. The molecule has 5 nitrogen and oxygen atoms in total. The van der Waals surface area contributed by atoms with Crippen LogP contribution in [0.1, 0.15) is 0 Å². The van der Waals surface area contributed by atoms with Crippen LogP contribution < -0.4 is 17.2 Å². The highest BCUT2D eigenvalue weighted by molar-refractivity contribution is 6.44. The number of anilines is 3. The molecule has 0 spiro atoms. The lowest BCUT2D eigenvalue weighted by atomic mass is 10.1. The number of rotatable bonds is 1. The lowest BCUT2D eigenvalue weighted by Crippen LogP contribution is -2.01. The first kappa shape index (κ1) is 11.8. The molecule has 0 saturated heterocycles. The van der Waals surface area contributed by atoms with Crippen molar-refractivity contribution in [1.82, 2.24) is 9.97 Å². The maximum Gasteiger partial charge on any atom is 0.221 e. The van der Waals surface area contributed by atoms with Crippen molar-refractivity contribution in [3.63, 3.8) is 0 Å². The third kappa shape index (κ3) is 2.20. The van der Waals surface area contributed by atoms with Crippen molar-refractivity contribution in [3.05, 3.63) is 28.4 Å². The predicted octanol–water partition coefficient (Wildman–Crippen LogP) is 2.20. The van der Waals surface area contributed by atoms with E-state index in [4.69, 9.17) is 40.4 Å². The Hall–Kier alpha value is -1.72. The Kier molecular flexibility index (Phi) is 2.95. The lowest BCUT2D eigenvalue weighted by Gasteiger charge is -2.09. The summed E-state index contributed by atoms with van der Waals surface area (Å²) in [5.74, 6) is 0.318. The van der Waals surface area contributed by atoms with Crippen LogP contribution in [0.4, 0.5) is 17.5 Å². The van der Waals surface area contributed by atoms with E-state index < -0.39 is 0 Å². The normalized spacial score (nSPS) is 10.5. The molecular weight excluding hydrogens is 261 g/mol. The van der Waals surface area contributed by atoms with Crippen LogP contribution in [-0.2, 0) is 0 Å². The largest absolute Gasteiger partial charge is 0.399 e. The first-order chi connectivity index (χ1) is 7.99. The molecule has 0 unspecified atom stereocenters. The fourth-order valence-corrected chi connectivity index (χ4v) is 1.86. The topological polar surface area (TPSA) is 104 Å². The van der Waals surface area contributed by atoms with Crippen LogP contribution in [-0.4, -0.2) is 9.97 Å². The summed E-state index contributed by atoms with van der Waals surface area (Å²) < 4.78 is 0. The molecule has 0 aliphatic rings. The second-order valence-corrected chi connectivity index (χ2v) is 4.18. The average molecular weight is 270 g/mol. The zero-order chi connectivity index (χ0) is 12.6. The molecule has 0 saturated carbocycles. The summed E-state index contributed by atoms with van der Waals surface area (Å²) in [5.41, 5.74) is 18.5. The zero-order valence-electron chi connectivity index (χ0n) is 8.61. The van der Waals surface area contributed by atoms with Gasteiger partial charge in [-0.15, -0.1) is 0 Å². The number of benzene rings is 1. The van der Waals surface area contributed by atoms with Crippen LogP contribution in [0.15, 0.2) is 18.3 Å². The lowest BCUT2D eigenvalue weighted by molar-refractivity contribution is 1.20. The van der Waals surface area contributed by atoms with Gasteiger partial charge in [0, 0.05) is 23.0 Å². The Balaban J connectivity index is 2.68. The number of nitrogens with two attached hydrogens (primary N) is 3. The molecular formula is C10H9Cl2N5. The second-order valence-electron chi connectivity index (χ2n) is 3.39. The minimum Gasteiger partial charge on any atom is -0.399 e. The molecule has 1 aromatic carbocycles. The minimum atomic E-state index is 0.0948. The van der Waals surface area contributed by atoms with Gasteiger partial charge in [0.05, 0.1) is 10.0 Å². The van der Waals surface area contributed by atoms with E-state index in [1.54, 1.807) is 12.1 Å². The number of nitrogens with zero attached hydrogens (tertiary/aromatic N) is 2. The zero-order valence-corrected chi connectivity index (χ0v) is 10.1. The van der Waals surface area contributed by atoms with Gasteiger partial charge in [0.15, 0.2) is 0 Å². The fourth-order valence-electron chi connectivity index (χ4n) is 1.42. The molecule has 17 heavy (non-hydrogen) atoms. The molecule has 0 amide bonds. The Morgan fingerprint density at radius 3 is 2.35 bits per heavy atom. The third-order valence-electron chi connectivity index (χ3n) is 2.18. The van der Waals surface area contributed by atoms with Gasteiger partial charge >= 0.3 is 0 Å². The van der Waals surface area contributed by atoms with Gasteiger partial charge in [-0.1, -0.05) is 23.2 Å². The summed E-state index contributed by atoms with van der Waals surface area (Å²) in [7, 11) is 0. The Morgan fingerprint density at radius 1 is 1.00 bits per heavy atom. The van der Waals surface area contributed by atoms with E-state index >= 15 is 0 Å². The fraction of sp³-hybridized carbons (Fsp3) is 0. The first-order valence-corrected chi connectivity index (χ1v) is 5.37. The van der Waals surface area contributed by atoms with Gasteiger partial charge in [0.2, 0.25) is 5.95 Å². The van der Waals surface area contributed by atoms with Crippen molar-refractivity contribution in [2.45, 2.75) is 0 Å². The highest BCUT2D eigenvalue weighted by atomic mass is 35.5. The number of halogens is 2. The quantitative estimate of drug-likeness (QED) is 0.689. The first-order valence-electron chi connectivity index (χ1n) is 4.62. The average Bonchev–Trinajstić information content (AvgIpc) is 2.24. The van der Waals surface area contributed by atoms with Gasteiger partial charge in [-0.2, -0.15) is 4.98 Å². The van der Waals surface area contributed by atoms with Gasteiger partial charge in [-0.25, -0.2) is 4.98 Å². The van der Waals surface area contributed by atoms with E-state index in [2.05, 4.69) is 9.97 Å². The van der Waals surface area contributed by atoms with Crippen LogP contribution in [0, 0.1) is 0 Å². The number of hydrogen-bond acceptors (Lipinski definition) is 5. The molecule has 0 radical (unpaired) electrons. The van der Waals surface area contributed by atoms with Crippen molar-refractivity contribution in [2.24, 2.45) is 0 Å². The Labute approximate surface area is 108 Å². The van der Waals surface area contributed by atoms with Crippen LogP contribution in [0.3, 0.4) is 0 Å². The molecule has 0 aliphatic heterocycles. The molecule has 0 bridgehead atoms. The number of nitrogen functional groups attached to an aromatic ring is 3. The molecule has 88 valence electrons. The molecule has 6 N–H and O–H groups in total. The van der Waals surface area contributed by atoms with E-state index in [-0.39, 0.29) is 11.8 Å². The Morgan fingerprint density at radius 2 is 1.71 bits per heavy atom. The van der Waals surface area contributed by atoms with Crippen LogP contribution in [0.2, 0.25) is 10.0 Å². The van der Waals surface area contributed by atoms with Gasteiger partial charge in [-0.3, -0.25) is 0 Å². The predicted molar refractivity (Wildman–Crippen MR) is 70.7 cm³/mol. The summed E-state index contributed by atoms with van der Waals surface area (Å²) in [6.07, 6.45) is 1.48. The van der Waals surface area contributed by atoms with Crippen molar-refractivity contribution in [1.29, 1.82) is 0 Å². The third-order valence-corrected chi connectivity index (χ3v) is 2.98. The second kappa shape index (κ2) is 4.27. The van der Waals surface area contributed by atoms with Crippen molar-refractivity contribution < 1.29 is 0 Å². The molecule has 0 fully saturated rings. The molecule has 7 heteroatoms. The summed E-state index contributed by atoms with van der Waals surface area (Å²) in [6, 6.07) is 3.21. The van der Waals surface area contributed by atoms with Gasteiger partial charge < -0.3 is 17.2 Å². The highest BCUT2D eigenvalue weighted by Crippen LogP contribution is 2.37. The van der Waals surface area contributed by atoms with Crippen LogP contribution in [0.5, 0.6) is 0 Å². The number of hydrogen-bond donors (Lipinski definition) is 3. The molecule has 0 atom stereocenters. The molecule has 1 aromatic heterocycles. The molecule has 2 aromatic rings. The maximum atomic E-state index is 6.08. The van der Waals surface area contributed by atoms with Crippen molar-refractivity contribution >= 4 is 40.7 Å². The van der Waals surface area contributed by atoms with E-state index in [9.17, 15) is 0 Å². The van der Waals surface area contributed by atoms with E-state index in [1.807, 2.05) is 0 Å². The van der Waals surface area contributed by atoms with Crippen LogP contribution in [0.25, 0.3) is 11.1 Å². The summed E-state index contributed by atoms with van der Waals surface area (Å²) in [5, 5.41) is 0.693. The maximum absolute atomic E-state index is 6.08. The standard InChI is InChI=1S/C10H9Cl2N5/c11-7-2-4(13)1-5(8(7)12)6-3-16-10(15)17-9(6)14/h1-3H,13H2,(H4,14,15,16,17). The van der Waals surface area contributed by atoms with Crippen LogP contribution >= 0.6 is 23.2 Å². The van der Waals surface area contributed by atoms with Crippen molar-refractivity contribution in [2.75, 3.05) is 17.2 Å². The Bertz CT molecular complexity index is 585. The van der Waals surface area contributed by atoms with E-state index in [0.717, 1.165) is 0 Å². The van der Waals surface area contributed by atoms with E-state index in [0.29, 0.717) is 26.9 Å². The summed E-state index contributed by atoms with van der Waals surface area (Å²) in [6.45, 7) is 0. The smallest absolute Gasteiger partial charge is 0.221 e. The van der Waals surface area contributed by atoms with Gasteiger partial charge in [0.1, 0.15) is 5.82 Å².